The van der Waals surface area contributed by atoms with Crippen LogP contribution in [0.1, 0.15) is 55.4 Å². The van der Waals surface area contributed by atoms with Gasteiger partial charge < -0.3 is 17.7 Å². The average Bonchev–Trinajstić information content (AvgIpc) is 2.36. The van der Waals surface area contributed by atoms with Crippen LogP contribution >= 0.6 is 0 Å². The topological polar surface area (TPSA) is 36.9 Å². The van der Waals surface area contributed by atoms with Gasteiger partial charge in [-0.3, -0.25) is 0 Å². The molecular formula is C16H36O4Si. The molecule has 0 saturated heterocycles. The van der Waals surface area contributed by atoms with E-state index >= 15 is 0 Å². The molecule has 5 heteroatoms. The van der Waals surface area contributed by atoms with Crippen LogP contribution in [0.4, 0.5) is 0 Å². The summed E-state index contributed by atoms with van der Waals surface area (Å²) in [4.78, 5) is 0. The van der Waals surface area contributed by atoms with E-state index in [4.69, 9.17) is 17.7 Å². The first-order chi connectivity index (χ1) is 9.67. The van der Waals surface area contributed by atoms with Crippen LogP contribution in [0.5, 0.6) is 0 Å². The van der Waals surface area contributed by atoms with Crippen LogP contribution in [0.3, 0.4) is 0 Å². The molecule has 0 atom stereocenters. The molecule has 128 valence electrons. The predicted octanol–water partition coefficient (Wildman–Crippen LogP) is 4.11. The fourth-order valence-corrected chi connectivity index (χ4v) is 3.97. The largest absolute Gasteiger partial charge is 0.679 e. The van der Waals surface area contributed by atoms with Crippen LogP contribution in [0.25, 0.3) is 0 Å². The molecule has 0 aliphatic heterocycles. The molecule has 0 unspecified atom stereocenters. The molecule has 0 radical (unpaired) electrons. The third kappa shape index (κ3) is 11.3. The highest BCUT2D eigenvalue weighted by Crippen LogP contribution is 2.18. The molecule has 4 nitrogen and oxygen atoms in total. The Balaban J connectivity index is 4.85. The Morgan fingerprint density at radius 1 is 0.476 bits per heavy atom. The molecule has 0 N–H and O–H groups in total. The molecule has 0 aromatic heterocycles. The minimum atomic E-state index is -3.05. The second kappa shape index (κ2) is 10.7. The van der Waals surface area contributed by atoms with Gasteiger partial charge in [0.1, 0.15) is 0 Å². The minimum Gasteiger partial charge on any atom is -0.351 e. The van der Waals surface area contributed by atoms with Crippen molar-refractivity contribution in [2.75, 3.05) is 26.4 Å². The maximum atomic E-state index is 6.01. The average molecular weight is 321 g/mol. The number of rotatable bonds is 12. The first-order valence-corrected chi connectivity index (χ1v) is 9.86. The van der Waals surface area contributed by atoms with E-state index < -0.39 is 9.05 Å². The smallest absolute Gasteiger partial charge is 0.351 e. The van der Waals surface area contributed by atoms with Crippen molar-refractivity contribution in [3.8, 4) is 0 Å². The van der Waals surface area contributed by atoms with E-state index in [9.17, 15) is 0 Å². The molecule has 0 spiro atoms. The van der Waals surface area contributed by atoms with Crippen molar-refractivity contribution in [3.05, 3.63) is 0 Å². The van der Waals surface area contributed by atoms with E-state index in [2.05, 4.69) is 55.4 Å². The van der Waals surface area contributed by atoms with Gasteiger partial charge >= 0.3 is 9.05 Å². The van der Waals surface area contributed by atoms with E-state index in [1.165, 1.54) is 0 Å². The van der Waals surface area contributed by atoms with Crippen LogP contribution in [0.15, 0.2) is 0 Å². The summed E-state index contributed by atoms with van der Waals surface area (Å²) in [7, 11) is -3.05. The molecule has 0 aliphatic rings. The number of hydrogen-bond donors (Lipinski definition) is 0. The summed E-state index contributed by atoms with van der Waals surface area (Å²) in [6.45, 7) is 19.3. The van der Waals surface area contributed by atoms with E-state index in [0.717, 1.165) is 0 Å². The van der Waals surface area contributed by atoms with Gasteiger partial charge in [0.25, 0.3) is 0 Å². The maximum Gasteiger partial charge on any atom is 0.679 e. The Kier molecular flexibility index (Phi) is 10.8. The molecular weight excluding hydrogens is 284 g/mol. The van der Waals surface area contributed by atoms with E-state index in [1.54, 1.807) is 0 Å². The first kappa shape index (κ1) is 21.1. The van der Waals surface area contributed by atoms with Crippen molar-refractivity contribution in [1.29, 1.82) is 0 Å². The zero-order chi connectivity index (χ0) is 16.5. The van der Waals surface area contributed by atoms with Gasteiger partial charge in [-0.25, -0.2) is 0 Å². The van der Waals surface area contributed by atoms with Crippen molar-refractivity contribution in [2.45, 2.75) is 55.4 Å². The molecule has 0 saturated carbocycles. The molecule has 21 heavy (non-hydrogen) atoms. The standard InChI is InChI=1S/C16H36O4Si/c1-13(2)9-17-21(18-10-14(3)4,19-11-15(5)6)20-12-16(7)8/h13-16H,9-12H2,1-8H3. The summed E-state index contributed by atoms with van der Waals surface area (Å²) in [5, 5.41) is 0. The van der Waals surface area contributed by atoms with Gasteiger partial charge in [-0.1, -0.05) is 55.4 Å². The zero-order valence-corrected chi connectivity index (χ0v) is 16.3. The lowest BCUT2D eigenvalue weighted by Gasteiger charge is -2.30. The second-order valence-electron chi connectivity index (χ2n) is 7.32. The van der Waals surface area contributed by atoms with Crippen LogP contribution in [0, 0.1) is 23.7 Å². The third-order valence-electron chi connectivity index (χ3n) is 2.37. The Morgan fingerprint density at radius 2 is 0.667 bits per heavy atom. The van der Waals surface area contributed by atoms with Gasteiger partial charge in [0, 0.05) is 26.4 Å². The quantitative estimate of drug-likeness (QED) is 0.507. The SMILES string of the molecule is CC(C)CO[Si](OCC(C)C)(OCC(C)C)OCC(C)C. The molecule has 0 fully saturated rings. The summed E-state index contributed by atoms with van der Waals surface area (Å²) < 4.78 is 24.1. The molecule has 0 aliphatic carbocycles. The van der Waals surface area contributed by atoms with Crippen molar-refractivity contribution in [1.82, 2.24) is 0 Å². The molecule has 0 rings (SSSR count). The lowest BCUT2D eigenvalue weighted by atomic mass is 10.2. The van der Waals surface area contributed by atoms with Crippen LogP contribution in [-0.2, 0) is 17.7 Å². The Labute approximate surface area is 133 Å². The highest BCUT2D eigenvalue weighted by atomic mass is 28.4. The van der Waals surface area contributed by atoms with Crippen molar-refractivity contribution >= 4 is 9.05 Å². The number of hydrogen-bond acceptors (Lipinski definition) is 4. The fraction of sp³-hybridized carbons (Fsp3) is 1.00. The lowest BCUT2D eigenvalue weighted by Crippen LogP contribution is -2.51. The van der Waals surface area contributed by atoms with Crippen LogP contribution in [0.2, 0.25) is 0 Å². The van der Waals surface area contributed by atoms with Gasteiger partial charge in [0.15, 0.2) is 0 Å². The van der Waals surface area contributed by atoms with Gasteiger partial charge in [-0.05, 0) is 23.7 Å². The summed E-state index contributed by atoms with van der Waals surface area (Å²) in [6.07, 6.45) is 0. The van der Waals surface area contributed by atoms with Crippen LogP contribution in [-0.4, -0.2) is 35.5 Å². The zero-order valence-electron chi connectivity index (χ0n) is 15.3. The fourth-order valence-electron chi connectivity index (χ4n) is 1.32. The first-order valence-electron chi connectivity index (χ1n) is 8.22. The van der Waals surface area contributed by atoms with E-state index in [1.807, 2.05) is 0 Å². The Bertz CT molecular complexity index is 201. The van der Waals surface area contributed by atoms with E-state index in [0.29, 0.717) is 50.1 Å². The highest BCUT2D eigenvalue weighted by Gasteiger charge is 2.46. The minimum absolute atomic E-state index is 0.421. The predicted molar refractivity (Wildman–Crippen MR) is 88.9 cm³/mol. The van der Waals surface area contributed by atoms with Gasteiger partial charge in [0.2, 0.25) is 0 Å². The Morgan fingerprint density at radius 3 is 0.810 bits per heavy atom. The summed E-state index contributed by atoms with van der Waals surface area (Å²) in [6, 6.07) is 0. The maximum absolute atomic E-state index is 6.01. The van der Waals surface area contributed by atoms with Gasteiger partial charge in [0.05, 0.1) is 0 Å². The lowest BCUT2D eigenvalue weighted by molar-refractivity contribution is -0.0527. The molecule has 0 heterocycles. The highest BCUT2D eigenvalue weighted by molar-refractivity contribution is 6.53. The van der Waals surface area contributed by atoms with Gasteiger partial charge in [-0.2, -0.15) is 0 Å². The second-order valence-corrected chi connectivity index (χ2v) is 9.47. The molecule has 0 amide bonds. The van der Waals surface area contributed by atoms with Crippen molar-refractivity contribution in [3.63, 3.8) is 0 Å². The summed E-state index contributed by atoms with van der Waals surface area (Å²) in [5.41, 5.74) is 0. The van der Waals surface area contributed by atoms with Crippen molar-refractivity contribution in [2.24, 2.45) is 23.7 Å². The van der Waals surface area contributed by atoms with Crippen molar-refractivity contribution < 1.29 is 17.7 Å². The van der Waals surface area contributed by atoms with E-state index in [-0.39, 0.29) is 0 Å². The van der Waals surface area contributed by atoms with Crippen LogP contribution < -0.4 is 0 Å². The molecule has 0 aromatic rings. The van der Waals surface area contributed by atoms with Gasteiger partial charge in [-0.15, -0.1) is 0 Å². The Hall–Kier alpha value is 0.0569. The molecule has 0 aromatic carbocycles. The molecule has 0 bridgehead atoms. The summed E-state index contributed by atoms with van der Waals surface area (Å²) in [5.74, 6) is 1.68. The normalized spacial score (nSPS) is 13.1. The monoisotopic (exact) mass is 320 g/mol. The summed E-state index contributed by atoms with van der Waals surface area (Å²) >= 11 is 0. The third-order valence-corrected chi connectivity index (χ3v) is 4.45.